The number of benzene rings is 2. The van der Waals surface area contributed by atoms with E-state index in [0.717, 1.165) is 46.5 Å². The Labute approximate surface area is 194 Å². The summed E-state index contributed by atoms with van der Waals surface area (Å²) in [5.74, 6) is 0.0180. The van der Waals surface area contributed by atoms with Gasteiger partial charge in [-0.2, -0.15) is 0 Å². The van der Waals surface area contributed by atoms with E-state index in [2.05, 4.69) is 49.1 Å². The molecule has 1 aliphatic carbocycles. The first-order valence-corrected chi connectivity index (χ1v) is 12.4. The first-order chi connectivity index (χ1) is 15.7. The molecule has 0 aromatic heterocycles. The van der Waals surface area contributed by atoms with Crippen LogP contribution in [-0.4, -0.2) is 23.7 Å². The third-order valence-corrected chi connectivity index (χ3v) is 7.46. The molecule has 164 valence electrons. The van der Waals surface area contributed by atoms with Crippen LogP contribution in [0.5, 0.6) is 0 Å². The molecule has 5 rings (SSSR count). The number of amidine groups is 1. The number of anilines is 2. The molecule has 2 aromatic carbocycles. The largest absolute Gasteiger partial charge is 0.340 e. The van der Waals surface area contributed by atoms with Crippen molar-refractivity contribution in [3.05, 3.63) is 76.3 Å². The molecule has 1 amide bonds. The first kappa shape index (κ1) is 21.1. The Hall–Kier alpha value is -2.79. The number of aliphatic imine (C=N–C) groups is 1. The highest BCUT2D eigenvalue weighted by Gasteiger charge is 2.38. The highest BCUT2D eigenvalue weighted by molar-refractivity contribution is 8.19. The van der Waals surface area contributed by atoms with Crippen LogP contribution in [0.25, 0.3) is 6.08 Å². The Kier molecular flexibility index (Phi) is 5.92. The second kappa shape index (κ2) is 8.99. The number of hydrogen-bond acceptors (Lipinski definition) is 4. The van der Waals surface area contributed by atoms with Gasteiger partial charge in [0.05, 0.1) is 17.4 Å². The van der Waals surface area contributed by atoms with Gasteiger partial charge in [-0.1, -0.05) is 55.2 Å². The van der Waals surface area contributed by atoms with Crippen LogP contribution < -0.4 is 9.80 Å². The van der Waals surface area contributed by atoms with Crippen LogP contribution in [0, 0.1) is 6.92 Å². The Morgan fingerprint density at radius 3 is 2.56 bits per heavy atom. The summed E-state index contributed by atoms with van der Waals surface area (Å²) in [7, 11) is 0. The molecule has 3 aliphatic rings. The molecule has 1 saturated heterocycles. The number of carbonyl (C=O) groups is 1. The Balaban J connectivity index is 1.59. The predicted octanol–water partition coefficient (Wildman–Crippen LogP) is 6.53. The van der Waals surface area contributed by atoms with Crippen molar-refractivity contribution >= 4 is 40.3 Å². The number of allylic oxidation sites excluding steroid dienone is 1. The van der Waals surface area contributed by atoms with Crippen LogP contribution in [0.3, 0.4) is 0 Å². The molecule has 0 N–H and O–H groups in total. The molecular weight excluding hydrogens is 414 g/mol. The molecule has 2 fully saturated rings. The third kappa shape index (κ3) is 3.90. The van der Waals surface area contributed by atoms with E-state index in [1.807, 2.05) is 35.2 Å². The van der Waals surface area contributed by atoms with Crippen LogP contribution in [0.1, 0.15) is 50.2 Å². The monoisotopic (exact) mass is 443 g/mol. The minimum absolute atomic E-state index is 0.0180. The normalized spacial score (nSPS) is 22.7. The summed E-state index contributed by atoms with van der Waals surface area (Å²) >= 11 is 1.53. The highest BCUT2D eigenvalue weighted by Crippen LogP contribution is 2.42. The van der Waals surface area contributed by atoms with E-state index in [1.165, 1.54) is 42.2 Å². The molecule has 2 aromatic rings. The predicted molar refractivity (Wildman–Crippen MR) is 136 cm³/mol. The molecule has 0 spiro atoms. The maximum Gasteiger partial charge on any atom is 0.273 e. The maximum absolute atomic E-state index is 13.8. The van der Waals surface area contributed by atoms with Crippen LogP contribution >= 0.6 is 11.8 Å². The topological polar surface area (TPSA) is 35.9 Å². The van der Waals surface area contributed by atoms with Crippen LogP contribution in [0.4, 0.5) is 11.4 Å². The van der Waals surface area contributed by atoms with Gasteiger partial charge < -0.3 is 4.90 Å². The van der Waals surface area contributed by atoms with Crippen molar-refractivity contribution in [3.8, 4) is 0 Å². The molecule has 4 nitrogen and oxygen atoms in total. The zero-order chi connectivity index (χ0) is 22.1. The molecule has 1 saturated carbocycles. The molecule has 2 aliphatic heterocycles. The SMILES string of the molecule is CCN1/C(=C2/SC(=NC3CCCCC3)N(c3ccccc3)C2=O)C=Cc2cc(C)ccc21. The number of rotatable bonds is 3. The minimum Gasteiger partial charge on any atom is -0.340 e. The highest BCUT2D eigenvalue weighted by atomic mass is 32.2. The number of amides is 1. The van der Waals surface area contributed by atoms with Crippen LogP contribution in [0.15, 0.2) is 70.2 Å². The quantitative estimate of drug-likeness (QED) is 0.506. The number of carbonyl (C=O) groups excluding carboxylic acids is 1. The zero-order valence-electron chi connectivity index (χ0n) is 18.8. The van der Waals surface area contributed by atoms with Gasteiger partial charge in [-0.3, -0.25) is 14.7 Å². The fraction of sp³-hybridized carbons (Fsp3) is 0.333. The number of hydrogen-bond donors (Lipinski definition) is 0. The van der Waals surface area contributed by atoms with E-state index >= 15 is 0 Å². The summed E-state index contributed by atoms with van der Waals surface area (Å²) in [5, 5.41) is 0.815. The van der Waals surface area contributed by atoms with Gasteiger partial charge in [0.2, 0.25) is 0 Å². The molecule has 0 unspecified atom stereocenters. The van der Waals surface area contributed by atoms with Crippen molar-refractivity contribution in [2.75, 3.05) is 16.3 Å². The van der Waals surface area contributed by atoms with E-state index in [0.29, 0.717) is 6.04 Å². The number of para-hydroxylation sites is 1. The van der Waals surface area contributed by atoms with Crippen molar-refractivity contribution in [1.82, 2.24) is 0 Å². The maximum atomic E-state index is 13.8. The Morgan fingerprint density at radius 2 is 1.81 bits per heavy atom. The summed E-state index contributed by atoms with van der Waals surface area (Å²) in [6.45, 7) is 5.05. The fourth-order valence-corrected chi connectivity index (χ4v) is 5.89. The average molecular weight is 444 g/mol. The van der Waals surface area contributed by atoms with Gasteiger partial charge in [0.15, 0.2) is 5.17 Å². The van der Waals surface area contributed by atoms with Gasteiger partial charge in [0.25, 0.3) is 5.91 Å². The van der Waals surface area contributed by atoms with Crippen molar-refractivity contribution in [1.29, 1.82) is 0 Å². The molecule has 0 bridgehead atoms. The first-order valence-electron chi connectivity index (χ1n) is 11.6. The lowest BCUT2D eigenvalue weighted by Crippen LogP contribution is -2.31. The summed E-state index contributed by atoms with van der Waals surface area (Å²) < 4.78 is 0. The van der Waals surface area contributed by atoms with Crippen LogP contribution in [-0.2, 0) is 4.79 Å². The number of aryl methyl sites for hydroxylation is 1. The molecular formula is C27H29N3OS. The van der Waals surface area contributed by atoms with Crippen molar-refractivity contribution in [2.45, 2.75) is 52.0 Å². The molecule has 32 heavy (non-hydrogen) atoms. The number of nitrogens with zero attached hydrogens (tertiary/aromatic N) is 3. The van der Waals surface area contributed by atoms with Crippen molar-refractivity contribution < 1.29 is 4.79 Å². The molecule has 2 heterocycles. The van der Waals surface area contributed by atoms with Crippen molar-refractivity contribution in [3.63, 3.8) is 0 Å². The lowest BCUT2D eigenvalue weighted by Gasteiger charge is -2.30. The van der Waals surface area contributed by atoms with Crippen LogP contribution in [0.2, 0.25) is 0 Å². The lowest BCUT2D eigenvalue weighted by atomic mass is 9.96. The van der Waals surface area contributed by atoms with E-state index in [4.69, 9.17) is 4.99 Å². The van der Waals surface area contributed by atoms with Gasteiger partial charge >= 0.3 is 0 Å². The van der Waals surface area contributed by atoms with E-state index in [1.54, 1.807) is 0 Å². The minimum atomic E-state index is 0.0180. The number of thioether (sulfide) groups is 1. The summed E-state index contributed by atoms with van der Waals surface area (Å²) in [5.41, 5.74) is 5.44. The molecule has 5 heteroatoms. The fourth-order valence-electron chi connectivity index (χ4n) is 4.77. The van der Waals surface area contributed by atoms with E-state index < -0.39 is 0 Å². The van der Waals surface area contributed by atoms with E-state index in [-0.39, 0.29) is 5.91 Å². The van der Waals surface area contributed by atoms with Crippen molar-refractivity contribution in [2.24, 2.45) is 4.99 Å². The van der Waals surface area contributed by atoms with Gasteiger partial charge in [0, 0.05) is 12.2 Å². The smallest absolute Gasteiger partial charge is 0.273 e. The van der Waals surface area contributed by atoms with E-state index in [9.17, 15) is 4.79 Å². The molecule has 0 radical (unpaired) electrons. The lowest BCUT2D eigenvalue weighted by molar-refractivity contribution is -0.113. The van der Waals surface area contributed by atoms with Gasteiger partial charge in [-0.25, -0.2) is 0 Å². The summed E-state index contributed by atoms with van der Waals surface area (Å²) in [6.07, 6.45) is 10.2. The zero-order valence-corrected chi connectivity index (χ0v) is 19.6. The Morgan fingerprint density at radius 1 is 1.03 bits per heavy atom. The number of likely N-dealkylation sites (N-methyl/N-ethyl adjacent to an activating group) is 1. The molecule has 0 atom stereocenters. The Bertz CT molecular complexity index is 1110. The van der Waals surface area contributed by atoms with Gasteiger partial charge in [-0.15, -0.1) is 0 Å². The second-order valence-electron chi connectivity index (χ2n) is 8.64. The second-order valence-corrected chi connectivity index (χ2v) is 9.61. The summed E-state index contributed by atoms with van der Waals surface area (Å²) in [4.78, 5) is 23.7. The standard InChI is InChI=1S/C27H29N3OS/c1-3-29-23-16-14-19(2)18-20(23)15-17-24(29)25-26(31)30(22-12-8-5-9-13-22)27(32-25)28-21-10-6-4-7-11-21/h5,8-9,12-18,21H,3-4,6-7,10-11H2,1-2H3/b25-24+,28-27?. The third-order valence-electron chi connectivity index (χ3n) is 6.40. The number of fused-ring (bicyclic) bond motifs is 1. The summed E-state index contributed by atoms with van der Waals surface area (Å²) in [6, 6.07) is 16.7. The average Bonchev–Trinajstić information content (AvgIpc) is 3.14. The van der Waals surface area contributed by atoms with Gasteiger partial charge in [-0.05, 0) is 74.4 Å². The van der Waals surface area contributed by atoms with Gasteiger partial charge in [0.1, 0.15) is 4.91 Å².